The Balaban J connectivity index is 2.48. The molecule has 2 aromatic heterocycles. The van der Waals surface area contributed by atoms with Gasteiger partial charge in [0.25, 0.3) is 0 Å². The Morgan fingerprint density at radius 3 is 2.77 bits per heavy atom. The van der Waals surface area contributed by atoms with Crippen LogP contribution in [0.5, 0.6) is 0 Å². The first-order valence-corrected chi connectivity index (χ1v) is 3.83. The number of nitrogens with one attached hydrogen (secondary N) is 1. The van der Waals surface area contributed by atoms with E-state index in [4.69, 9.17) is 0 Å². The van der Waals surface area contributed by atoms with Gasteiger partial charge < -0.3 is 4.98 Å². The van der Waals surface area contributed by atoms with Gasteiger partial charge in [0.2, 0.25) is 5.56 Å². The maximum atomic E-state index is 10.8. The minimum Gasteiger partial charge on any atom is -0.328 e. The van der Waals surface area contributed by atoms with Crippen LogP contribution in [0.15, 0.2) is 41.5 Å². The molecule has 0 saturated carbocycles. The van der Waals surface area contributed by atoms with Gasteiger partial charge in [0.1, 0.15) is 0 Å². The van der Waals surface area contributed by atoms with Crippen molar-refractivity contribution in [3.05, 3.63) is 47.0 Å². The topological polar surface area (TPSA) is 58.6 Å². The molecule has 0 aliphatic carbocycles. The van der Waals surface area contributed by atoms with E-state index in [0.717, 1.165) is 11.3 Å². The van der Waals surface area contributed by atoms with Gasteiger partial charge in [-0.2, -0.15) is 10.2 Å². The molecule has 0 aromatic carbocycles. The van der Waals surface area contributed by atoms with E-state index < -0.39 is 0 Å². The number of nitrogens with zero attached hydrogens (tertiary/aromatic N) is 2. The van der Waals surface area contributed by atoms with Gasteiger partial charge in [0, 0.05) is 24.0 Å². The average Bonchev–Trinajstić information content (AvgIpc) is 2.20. The number of pyridine rings is 1. The Hall–Kier alpha value is -1.97. The Kier molecular flexibility index (Phi) is 1.88. The number of hydrogen-bond donors (Lipinski definition) is 1. The van der Waals surface area contributed by atoms with Crippen LogP contribution in [0.1, 0.15) is 0 Å². The zero-order valence-corrected chi connectivity index (χ0v) is 6.77. The maximum absolute atomic E-state index is 10.8. The highest BCUT2D eigenvalue weighted by Gasteiger charge is 1.96. The second-order valence-corrected chi connectivity index (χ2v) is 2.55. The largest absolute Gasteiger partial charge is 0.328 e. The van der Waals surface area contributed by atoms with Crippen molar-refractivity contribution in [2.45, 2.75) is 0 Å². The van der Waals surface area contributed by atoms with E-state index in [2.05, 4.69) is 15.2 Å². The third-order valence-electron chi connectivity index (χ3n) is 1.65. The zero-order valence-electron chi connectivity index (χ0n) is 6.77. The molecule has 0 aliphatic rings. The van der Waals surface area contributed by atoms with E-state index in [1.807, 2.05) is 6.07 Å². The molecule has 0 fully saturated rings. The Morgan fingerprint density at radius 2 is 2.15 bits per heavy atom. The number of H-pyrrole nitrogens is 1. The Bertz CT molecular complexity index is 429. The molecule has 0 saturated heterocycles. The van der Waals surface area contributed by atoms with Crippen LogP contribution in [0.4, 0.5) is 0 Å². The highest BCUT2D eigenvalue weighted by atomic mass is 16.1. The van der Waals surface area contributed by atoms with Crippen LogP contribution in [-0.4, -0.2) is 15.2 Å². The molecule has 0 atom stereocenters. The molecule has 0 amide bonds. The normalized spacial score (nSPS) is 9.85. The first-order valence-electron chi connectivity index (χ1n) is 3.83. The molecule has 4 heteroatoms. The molecule has 2 heterocycles. The lowest BCUT2D eigenvalue weighted by Gasteiger charge is -1.96. The molecule has 2 aromatic rings. The van der Waals surface area contributed by atoms with Gasteiger partial charge in [-0.1, -0.05) is 0 Å². The van der Waals surface area contributed by atoms with Crippen LogP contribution in [0, 0.1) is 0 Å². The van der Waals surface area contributed by atoms with Crippen LogP contribution in [0.25, 0.3) is 11.3 Å². The first kappa shape index (κ1) is 7.67. The standard InChI is InChI=1S/C9H7N3O/c13-9-4-3-7(6-10-9)8-2-1-5-11-12-8/h1-6H,(H,10,13). The summed E-state index contributed by atoms with van der Waals surface area (Å²) in [5.41, 5.74) is 1.49. The highest BCUT2D eigenvalue weighted by molar-refractivity contribution is 5.56. The molecule has 2 rings (SSSR count). The molecule has 0 radical (unpaired) electrons. The molecule has 0 unspecified atom stereocenters. The number of rotatable bonds is 1. The molecule has 0 spiro atoms. The van der Waals surface area contributed by atoms with E-state index in [9.17, 15) is 4.79 Å². The summed E-state index contributed by atoms with van der Waals surface area (Å²) in [6, 6.07) is 6.81. The second-order valence-electron chi connectivity index (χ2n) is 2.55. The molecule has 0 bridgehead atoms. The number of hydrogen-bond acceptors (Lipinski definition) is 3. The monoisotopic (exact) mass is 173 g/mol. The third-order valence-corrected chi connectivity index (χ3v) is 1.65. The fraction of sp³-hybridized carbons (Fsp3) is 0. The molecule has 0 aliphatic heterocycles. The lowest BCUT2D eigenvalue weighted by molar-refractivity contribution is 1.03. The van der Waals surface area contributed by atoms with Crippen molar-refractivity contribution < 1.29 is 0 Å². The highest BCUT2D eigenvalue weighted by Crippen LogP contribution is 2.11. The van der Waals surface area contributed by atoms with Gasteiger partial charge in [-0.15, -0.1) is 0 Å². The smallest absolute Gasteiger partial charge is 0.247 e. The first-order chi connectivity index (χ1) is 6.36. The summed E-state index contributed by atoms with van der Waals surface area (Å²) in [7, 11) is 0. The van der Waals surface area contributed by atoms with Crippen LogP contribution >= 0.6 is 0 Å². The third kappa shape index (κ3) is 1.61. The predicted octanol–water partition coefficient (Wildman–Crippen LogP) is 0.832. The Morgan fingerprint density at radius 1 is 1.23 bits per heavy atom. The van der Waals surface area contributed by atoms with Crippen molar-refractivity contribution in [3.8, 4) is 11.3 Å². The van der Waals surface area contributed by atoms with E-state index in [0.29, 0.717) is 0 Å². The summed E-state index contributed by atoms with van der Waals surface area (Å²) in [5, 5.41) is 7.65. The fourth-order valence-corrected chi connectivity index (χ4v) is 1.03. The van der Waals surface area contributed by atoms with Crippen molar-refractivity contribution in [1.29, 1.82) is 0 Å². The SMILES string of the molecule is O=c1ccc(-c2cccnn2)c[nH]1. The van der Waals surface area contributed by atoms with Crippen LogP contribution < -0.4 is 5.56 Å². The molecule has 4 nitrogen and oxygen atoms in total. The maximum Gasteiger partial charge on any atom is 0.247 e. The van der Waals surface area contributed by atoms with Gasteiger partial charge >= 0.3 is 0 Å². The van der Waals surface area contributed by atoms with Crippen LogP contribution in [-0.2, 0) is 0 Å². The van der Waals surface area contributed by atoms with Crippen LogP contribution in [0.3, 0.4) is 0 Å². The van der Waals surface area contributed by atoms with Crippen molar-refractivity contribution in [2.24, 2.45) is 0 Å². The minimum atomic E-state index is -0.118. The quantitative estimate of drug-likeness (QED) is 0.694. The number of aromatic nitrogens is 3. The van der Waals surface area contributed by atoms with Crippen molar-refractivity contribution >= 4 is 0 Å². The Labute approximate surface area is 74.3 Å². The molecular weight excluding hydrogens is 166 g/mol. The van der Waals surface area contributed by atoms with E-state index in [-0.39, 0.29) is 5.56 Å². The van der Waals surface area contributed by atoms with Crippen molar-refractivity contribution in [1.82, 2.24) is 15.2 Å². The fourth-order valence-electron chi connectivity index (χ4n) is 1.03. The predicted molar refractivity (Wildman–Crippen MR) is 48.1 cm³/mol. The number of aromatic amines is 1. The van der Waals surface area contributed by atoms with Gasteiger partial charge in [0.15, 0.2) is 0 Å². The molecule has 64 valence electrons. The molecular formula is C9H7N3O. The molecule has 1 N–H and O–H groups in total. The minimum absolute atomic E-state index is 0.118. The summed E-state index contributed by atoms with van der Waals surface area (Å²) in [6.45, 7) is 0. The van der Waals surface area contributed by atoms with E-state index in [1.165, 1.54) is 6.07 Å². The van der Waals surface area contributed by atoms with E-state index >= 15 is 0 Å². The summed E-state index contributed by atoms with van der Waals surface area (Å²) < 4.78 is 0. The molecule has 13 heavy (non-hydrogen) atoms. The van der Waals surface area contributed by atoms with Gasteiger partial charge in [0.05, 0.1) is 5.69 Å². The van der Waals surface area contributed by atoms with Gasteiger partial charge in [-0.25, -0.2) is 0 Å². The van der Waals surface area contributed by atoms with Gasteiger partial charge in [-0.3, -0.25) is 4.79 Å². The summed E-state index contributed by atoms with van der Waals surface area (Å²) in [4.78, 5) is 13.3. The van der Waals surface area contributed by atoms with Crippen molar-refractivity contribution in [3.63, 3.8) is 0 Å². The summed E-state index contributed by atoms with van der Waals surface area (Å²) in [5.74, 6) is 0. The van der Waals surface area contributed by atoms with Crippen molar-refractivity contribution in [2.75, 3.05) is 0 Å². The average molecular weight is 173 g/mol. The zero-order chi connectivity index (χ0) is 9.10. The van der Waals surface area contributed by atoms with Crippen LogP contribution in [0.2, 0.25) is 0 Å². The summed E-state index contributed by atoms with van der Waals surface area (Å²) in [6.07, 6.45) is 3.22. The second kappa shape index (κ2) is 3.18. The lowest BCUT2D eigenvalue weighted by Crippen LogP contribution is -2.01. The lowest BCUT2D eigenvalue weighted by atomic mass is 10.2. The van der Waals surface area contributed by atoms with Gasteiger partial charge in [-0.05, 0) is 18.2 Å². The summed E-state index contributed by atoms with van der Waals surface area (Å²) >= 11 is 0. The van der Waals surface area contributed by atoms with E-state index in [1.54, 1.807) is 24.5 Å².